The maximum atomic E-state index is 10.7. The molecule has 0 aliphatic heterocycles. The maximum Gasteiger partial charge on any atom is 0.335 e. The highest BCUT2D eigenvalue weighted by Crippen LogP contribution is 2.23. The van der Waals surface area contributed by atoms with Crippen LogP contribution in [0.1, 0.15) is 10.4 Å². The lowest BCUT2D eigenvalue weighted by Gasteiger charge is -2.12. The summed E-state index contributed by atoms with van der Waals surface area (Å²) in [5.74, 6) is -0.916. The Morgan fingerprint density at radius 2 is 2.19 bits per heavy atom. The number of nitrogens with zero attached hydrogens (tertiary/aromatic N) is 1. The molecule has 5 heteroatoms. The molecule has 0 fully saturated rings. The summed E-state index contributed by atoms with van der Waals surface area (Å²) < 4.78 is 0.770. The Kier molecular flexibility index (Phi) is 4.76. The average molecular weight is 287 g/mol. The minimum Gasteiger partial charge on any atom is -0.478 e. The van der Waals surface area contributed by atoms with Crippen molar-refractivity contribution in [3.8, 4) is 0 Å². The Hall–Kier alpha value is -1.07. The number of aromatic carboxylic acids is 1. The number of rotatable bonds is 5. The number of anilines is 1. The summed E-state index contributed by atoms with van der Waals surface area (Å²) in [7, 11) is 4.01. The van der Waals surface area contributed by atoms with Crippen molar-refractivity contribution in [3.63, 3.8) is 0 Å². The molecule has 2 N–H and O–H groups in total. The SMILES string of the molecule is CN(C)CCNc1ccc(C(=O)O)cc1Br. The van der Waals surface area contributed by atoms with Crippen LogP contribution in [0, 0.1) is 0 Å². The van der Waals surface area contributed by atoms with Crippen LogP contribution >= 0.6 is 15.9 Å². The van der Waals surface area contributed by atoms with Crippen molar-refractivity contribution in [2.75, 3.05) is 32.5 Å². The van der Waals surface area contributed by atoms with E-state index >= 15 is 0 Å². The van der Waals surface area contributed by atoms with E-state index in [1.165, 1.54) is 0 Å². The molecule has 0 heterocycles. The highest BCUT2D eigenvalue weighted by Gasteiger charge is 2.06. The lowest BCUT2D eigenvalue weighted by atomic mass is 10.2. The third kappa shape index (κ3) is 3.83. The van der Waals surface area contributed by atoms with Crippen LogP contribution in [0.5, 0.6) is 0 Å². The zero-order valence-electron chi connectivity index (χ0n) is 9.33. The normalized spacial score (nSPS) is 10.5. The molecule has 0 aliphatic carbocycles. The van der Waals surface area contributed by atoms with Crippen molar-refractivity contribution in [2.24, 2.45) is 0 Å². The molecule has 88 valence electrons. The lowest BCUT2D eigenvalue weighted by Crippen LogP contribution is -2.20. The van der Waals surface area contributed by atoms with Gasteiger partial charge in [-0.2, -0.15) is 0 Å². The highest BCUT2D eigenvalue weighted by molar-refractivity contribution is 9.10. The van der Waals surface area contributed by atoms with E-state index in [-0.39, 0.29) is 5.56 Å². The number of hydrogen-bond acceptors (Lipinski definition) is 3. The van der Waals surface area contributed by atoms with Gasteiger partial charge in [0.05, 0.1) is 5.56 Å². The molecule has 0 atom stereocenters. The van der Waals surface area contributed by atoms with Gasteiger partial charge >= 0.3 is 5.97 Å². The smallest absolute Gasteiger partial charge is 0.335 e. The van der Waals surface area contributed by atoms with Gasteiger partial charge in [0.15, 0.2) is 0 Å². The Morgan fingerprint density at radius 3 is 2.69 bits per heavy atom. The number of hydrogen-bond donors (Lipinski definition) is 2. The number of carboxylic acids is 1. The first kappa shape index (κ1) is 13.0. The predicted molar refractivity (Wildman–Crippen MR) is 68.1 cm³/mol. The van der Waals surface area contributed by atoms with Gasteiger partial charge in [0, 0.05) is 23.2 Å². The molecule has 1 aromatic rings. The van der Waals surface area contributed by atoms with Gasteiger partial charge < -0.3 is 15.3 Å². The minimum absolute atomic E-state index is 0.282. The quantitative estimate of drug-likeness (QED) is 0.871. The van der Waals surface area contributed by atoms with Crippen LogP contribution in [0.4, 0.5) is 5.69 Å². The fourth-order valence-electron chi connectivity index (χ4n) is 1.21. The second-order valence-electron chi connectivity index (χ2n) is 3.73. The summed E-state index contributed by atoms with van der Waals surface area (Å²) in [5, 5.41) is 12.0. The molecule has 0 spiro atoms. The van der Waals surface area contributed by atoms with Crippen LogP contribution in [0.2, 0.25) is 0 Å². The first-order valence-electron chi connectivity index (χ1n) is 4.92. The van der Waals surface area contributed by atoms with E-state index in [1.54, 1.807) is 18.2 Å². The van der Waals surface area contributed by atoms with Gasteiger partial charge in [0.25, 0.3) is 0 Å². The molecule has 0 amide bonds. The van der Waals surface area contributed by atoms with Gasteiger partial charge in [-0.05, 0) is 48.2 Å². The lowest BCUT2D eigenvalue weighted by molar-refractivity contribution is 0.0697. The Bertz CT molecular complexity index is 380. The van der Waals surface area contributed by atoms with Gasteiger partial charge in [-0.3, -0.25) is 0 Å². The van der Waals surface area contributed by atoms with E-state index in [9.17, 15) is 4.79 Å². The monoisotopic (exact) mass is 286 g/mol. The van der Waals surface area contributed by atoms with Crippen molar-refractivity contribution in [2.45, 2.75) is 0 Å². The molecular weight excluding hydrogens is 272 g/mol. The summed E-state index contributed by atoms with van der Waals surface area (Å²) in [6.07, 6.45) is 0. The number of carboxylic acid groups (broad SMARTS) is 1. The fraction of sp³-hybridized carbons (Fsp3) is 0.364. The van der Waals surface area contributed by atoms with Crippen LogP contribution in [-0.2, 0) is 0 Å². The first-order chi connectivity index (χ1) is 7.50. The number of halogens is 1. The average Bonchev–Trinajstić information content (AvgIpc) is 2.19. The minimum atomic E-state index is -0.916. The van der Waals surface area contributed by atoms with Gasteiger partial charge in [-0.25, -0.2) is 4.79 Å². The van der Waals surface area contributed by atoms with Crippen LogP contribution < -0.4 is 5.32 Å². The standard InChI is InChI=1S/C11H15BrN2O2/c1-14(2)6-5-13-10-4-3-8(11(15)16)7-9(10)12/h3-4,7,13H,5-6H2,1-2H3,(H,15,16). The topological polar surface area (TPSA) is 52.6 Å². The summed E-state index contributed by atoms with van der Waals surface area (Å²) in [5.41, 5.74) is 1.19. The van der Waals surface area contributed by atoms with E-state index in [2.05, 4.69) is 26.1 Å². The predicted octanol–water partition coefficient (Wildman–Crippen LogP) is 2.12. The molecule has 0 saturated carbocycles. The van der Waals surface area contributed by atoms with Crippen molar-refractivity contribution in [1.82, 2.24) is 4.90 Å². The van der Waals surface area contributed by atoms with Gasteiger partial charge in [0.2, 0.25) is 0 Å². The molecule has 1 rings (SSSR count). The number of benzene rings is 1. The third-order valence-electron chi connectivity index (χ3n) is 2.09. The molecule has 0 saturated heterocycles. The van der Waals surface area contributed by atoms with Crippen LogP contribution in [0.3, 0.4) is 0 Å². The van der Waals surface area contributed by atoms with Crippen molar-refractivity contribution in [1.29, 1.82) is 0 Å². The molecular formula is C11H15BrN2O2. The van der Waals surface area contributed by atoms with Crippen molar-refractivity contribution >= 4 is 27.6 Å². The number of nitrogens with one attached hydrogen (secondary N) is 1. The summed E-state index contributed by atoms with van der Waals surface area (Å²) in [4.78, 5) is 12.8. The second-order valence-corrected chi connectivity index (χ2v) is 4.58. The Morgan fingerprint density at radius 1 is 1.50 bits per heavy atom. The summed E-state index contributed by atoms with van der Waals surface area (Å²) >= 11 is 3.34. The van der Waals surface area contributed by atoms with Crippen molar-refractivity contribution < 1.29 is 9.90 Å². The van der Waals surface area contributed by atoms with Gasteiger partial charge in [-0.1, -0.05) is 0 Å². The molecule has 1 aromatic carbocycles. The molecule has 0 bridgehead atoms. The molecule has 0 radical (unpaired) electrons. The molecule has 0 aliphatic rings. The van der Waals surface area contributed by atoms with Gasteiger partial charge in [0.1, 0.15) is 0 Å². The number of likely N-dealkylation sites (N-methyl/N-ethyl adjacent to an activating group) is 1. The van der Waals surface area contributed by atoms with E-state index in [0.717, 1.165) is 23.2 Å². The zero-order valence-corrected chi connectivity index (χ0v) is 10.9. The first-order valence-corrected chi connectivity index (χ1v) is 5.71. The Balaban J connectivity index is 2.64. The summed E-state index contributed by atoms with van der Waals surface area (Å²) in [6.45, 7) is 1.74. The van der Waals surface area contributed by atoms with Crippen LogP contribution in [-0.4, -0.2) is 43.2 Å². The van der Waals surface area contributed by atoms with E-state index in [1.807, 2.05) is 14.1 Å². The molecule has 16 heavy (non-hydrogen) atoms. The largest absolute Gasteiger partial charge is 0.478 e. The zero-order chi connectivity index (χ0) is 12.1. The Labute approximate surface area is 103 Å². The third-order valence-corrected chi connectivity index (χ3v) is 2.75. The molecule has 0 aromatic heterocycles. The van der Waals surface area contributed by atoms with Crippen LogP contribution in [0.25, 0.3) is 0 Å². The van der Waals surface area contributed by atoms with Crippen molar-refractivity contribution in [3.05, 3.63) is 28.2 Å². The molecule has 4 nitrogen and oxygen atoms in total. The van der Waals surface area contributed by atoms with Crippen LogP contribution in [0.15, 0.2) is 22.7 Å². The number of carbonyl (C=O) groups is 1. The van der Waals surface area contributed by atoms with E-state index in [4.69, 9.17) is 5.11 Å². The molecule has 0 unspecified atom stereocenters. The van der Waals surface area contributed by atoms with Gasteiger partial charge in [-0.15, -0.1) is 0 Å². The maximum absolute atomic E-state index is 10.7. The second kappa shape index (κ2) is 5.86. The van der Waals surface area contributed by atoms with E-state index < -0.39 is 5.97 Å². The van der Waals surface area contributed by atoms with E-state index in [0.29, 0.717) is 0 Å². The summed E-state index contributed by atoms with van der Waals surface area (Å²) in [6, 6.07) is 4.95. The highest BCUT2D eigenvalue weighted by atomic mass is 79.9. The fourth-order valence-corrected chi connectivity index (χ4v) is 1.72.